The lowest BCUT2D eigenvalue weighted by Crippen LogP contribution is -2.39. The highest BCUT2D eigenvalue weighted by Gasteiger charge is 2.26. The first-order valence-electron chi connectivity index (χ1n) is 16.0. The van der Waals surface area contributed by atoms with E-state index in [4.69, 9.17) is 25.4 Å². The first-order valence-corrected chi connectivity index (χ1v) is 16.0. The van der Waals surface area contributed by atoms with E-state index in [0.717, 1.165) is 94.2 Å². The summed E-state index contributed by atoms with van der Waals surface area (Å²) < 4.78 is 7.92. The second-order valence-electron chi connectivity index (χ2n) is 12.2. The second kappa shape index (κ2) is 14.6. The lowest BCUT2D eigenvalue weighted by atomic mass is 9.92. The van der Waals surface area contributed by atoms with Crippen LogP contribution in [0.1, 0.15) is 109 Å². The average Bonchev–Trinajstić information content (AvgIpc) is 3.63. The summed E-state index contributed by atoms with van der Waals surface area (Å²) in [4.78, 5) is 17.5. The molecule has 3 aliphatic rings. The highest BCUT2D eigenvalue weighted by Crippen LogP contribution is 2.34. The van der Waals surface area contributed by atoms with Crippen LogP contribution in [-0.2, 0) is 4.74 Å². The molecule has 0 unspecified atom stereocenters. The third kappa shape index (κ3) is 8.04. The van der Waals surface area contributed by atoms with Crippen molar-refractivity contribution in [2.45, 2.75) is 127 Å². The highest BCUT2D eigenvalue weighted by atomic mass is 16.5. The number of nitrogens with two attached hydrogens (primary N) is 1. The zero-order chi connectivity index (χ0) is 26.9. The number of piperidine rings is 1. The van der Waals surface area contributed by atoms with Crippen molar-refractivity contribution in [1.29, 1.82) is 0 Å². The Kier molecular flexibility index (Phi) is 10.7. The van der Waals surface area contributed by atoms with Crippen molar-refractivity contribution in [3.8, 4) is 0 Å². The minimum atomic E-state index is 0.337. The van der Waals surface area contributed by atoms with Gasteiger partial charge in [-0.3, -0.25) is 0 Å². The Labute approximate surface area is 235 Å². The summed E-state index contributed by atoms with van der Waals surface area (Å²) >= 11 is 0. The van der Waals surface area contributed by atoms with Gasteiger partial charge in [-0.15, -0.1) is 0 Å². The van der Waals surface area contributed by atoms with Crippen molar-refractivity contribution in [2.24, 2.45) is 5.73 Å². The summed E-state index contributed by atoms with van der Waals surface area (Å²) in [5.74, 6) is 1.64. The third-order valence-corrected chi connectivity index (χ3v) is 9.03. The van der Waals surface area contributed by atoms with Crippen LogP contribution in [0, 0.1) is 0 Å². The number of rotatable bonds is 14. The Balaban J connectivity index is 1.16. The molecule has 0 amide bonds. The Hall–Kier alpha value is -1.97. The van der Waals surface area contributed by atoms with Crippen molar-refractivity contribution in [1.82, 2.24) is 24.4 Å². The third-order valence-electron chi connectivity index (χ3n) is 9.03. The summed E-state index contributed by atoms with van der Waals surface area (Å²) in [7, 11) is 0. The molecule has 1 saturated heterocycles. The minimum Gasteiger partial charge on any atom is -0.381 e. The monoisotopic (exact) mass is 540 g/mol. The summed E-state index contributed by atoms with van der Waals surface area (Å²) in [6.07, 6.45) is 19.8. The van der Waals surface area contributed by atoms with E-state index in [1.165, 1.54) is 57.9 Å². The Morgan fingerprint density at radius 1 is 0.872 bits per heavy atom. The van der Waals surface area contributed by atoms with E-state index in [9.17, 15) is 0 Å². The number of imidazole rings is 1. The molecule has 2 saturated carbocycles. The molecule has 2 aromatic rings. The number of hydrogen-bond acceptors (Lipinski definition) is 8. The van der Waals surface area contributed by atoms with E-state index in [-0.39, 0.29) is 0 Å². The van der Waals surface area contributed by atoms with Gasteiger partial charge in [-0.2, -0.15) is 9.97 Å². The van der Waals surface area contributed by atoms with E-state index in [1.807, 2.05) is 6.33 Å². The summed E-state index contributed by atoms with van der Waals surface area (Å²) in [6.45, 7) is 7.50. The topological polar surface area (TPSA) is 106 Å². The van der Waals surface area contributed by atoms with Gasteiger partial charge in [0.2, 0.25) is 5.95 Å². The molecule has 1 aliphatic heterocycles. The van der Waals surface area contributed by atoms with Gasteiger partial charge in [0.05, 0.1) is 6.33 Å². The van der Waals surface area contributed by atoms with Gasteiger partial charge >= 0.3 is 0 Å². The number of unbranched alkanes of at least 4 members (excludes halogenated alkanes) is 3. The van der Waals surface area contributed by atoms with Gasteiger partial charge in [-0.25, -0.2) is 4.98 Å². The zero-order valence-electron chi connectivity index (χ0n) is 24.3. The fourth-order valence-electron chi connectivity index (χ4n) is 6.61. The lowest BCUT2D eigenvalue weighted by Gasteiger charge is -2.32. The van der Waals surface area contributed by atoms with Crippen LogP contribution in [0.15, 0.2) is 6.33 Å². The molecule has 2 aromatic heterocycles. The number of ether oxygens (including phenoxy) is 1. The molecule has 4 N–H and O–H groups in total. The molecule has 0 aromatic carbocycles. The molecule has 3 heterocycles. The van der Waals surface area contributed by atoms with Crippen LogP contribution >= 0.6 is 0 Å². The number of fused-ring (bicyclic) bond motifs is 1. The Morgan fingerprint density at radius 2 is 1.62 bits per heavy atom. The Morgan fingerprint density at radius 3 is 2.38 bits per heavy atom. The quantitative estimate of drug-likeness (QED) is 0.270. The number of aromatic nitrogens is 4. The first kappa shape index (κ1) is 28.6. The summed E-state index contributed by atoms with van der Waals surface area (Å²) in [6, 6.07) is 1.66. The predicted molar refractivity (Wildman–Crippen MR) is 159 cm³/mol. The van der Waals surface area contributed by atoms with Crippen LogP contribution < -0.4 is 16.4 Å². The normalized spacial score (nSPS) is 23.5. The molecular formula is C30H52N8O. The van der Waals surface area contributed by atoms with Crippen LogP contribution in [0.5, 0.6) is 0 Å². The molecule has 39 heavy (non-hydrogen) atoms. The largest absolute Gasteiger partial charge is 0.381 e. The minimum absolute atomic E-state index is 0.337. The van der Waals surface area contributed by atoms with E-state index in [0.29, 0.717) is 24.2 Å². The van der Waals surface area contributed by atoms with Crippen molar-refractivity contribution < 1.29 is 4.74 Å². The molecule has 0 radical (unpaired) electrons. The smallest absolute Gasteiger partial charge is 0.227 e. The molecule has 0 bridgehead atoms. The number of likely N-dealkylation sites (tertiary alicyclic amines) is 1. The van der Waals surface area contributed by atoms with Crippen LogP contribution in [0.4, 0.5) is 11.8 Å². The van der Waals surface area contributed by atoms with Crippen LogP contribution in [0.3, 0.4) is 0 Å². The van der Waals surface area contributed by atoms with Crippen molar-refractivity contribution in [3.63, 3.8) is 0 Å². The van der Waals surface area contributed by atoms with Gasteiger partial charge in [-0.05, 0) is 77.2 Å². The number of anilines is 2. The maximum absolute atomic E-state index is 6.15. The van der Waals surface area contributed by atoms with Crippen LogP contribution in [0.25, 0.3) is 11.2 Å². The highest BCUT2D eigenvalue weighted by molar-refractivity contribution is 5.84. The van der Waals surface area contributed by atoms with Gasteiger partial charge in [0.1, 0.15) is 0 Å². The van der Waals surface area contributed by atoms with E-state index in [2.05, 4.69) is 27.0 Å². The molecule has 5 rings (SSSR count). The fourth-order valence-corrected chi connectivity index (χ4v) is 6.61. The average molecular weight is 541 g/mol. The summed E-state index contributed by atoms with van der Waals surface area (Å²) in [5.41, 5.74) is 8.05. The number of nitrogens with zero attached hydrogens (tertiary/aromatic N) is 5. The fraction of sp³-hybridized carbons (Fsp3) is 0.833. The van der Waals surface area contributed by atoms with E-state index >= 15 is 0 Å². The molecular weight excluding hydrogens is 488 g/mol. The number of nitrogens with one attached hydrogen (secondary N) is 2. The number of hydrogen-bond donors (Lipinski definition) is 3. The van der Waals surface area contributed by atoms with Crippen LogP contribution in [-0.4, -0.2) is 75.4 Å². The van der Waals surface area contributed by atoms with Gasteiger partial charge in [0, 0.05) is 50.5 Å². The van der Waals surface area contributed by atoms with Crippen molar-refractivity contribution in [2.75, 3.05) is 43.5 Å². The molecule has 2 aliphatic carbocycles. The second-order valence-corrected chi connectivity index (χ2v) is 12.2. The van der Waals surface area contributed by atoms with Gasteiger partial charge in [0.15, 0.2) is 17.0 Å². The Bertz CT molecular complexity index is 990. The lowest BCUT2D eigenvalue weighted by molar-refractivity contribution is 0.130. The molecule has 0 spiro atoms. The van der Waals surface area contributed by atoms with Crippen LogP contribution in [0.2, 0.25) is 0 Å². The van der Waals surface area contributed by atoms with E-state index < -0.39 is 0 Å². The van der Waals surface area contributed by atoms with Crippen molar-refractivity contribution >= 4 is 22.9 Å². The van der Waals surface area contributed by atoms with Gasteiger partial charge < -0.3 is 30.6 Å². The van der Waals surface area contributed by atoms with Crippen molar-refractivity contribution in [3.05, 3.63) is 6.33 Å². The molecule has 3 fully saturated rings. The molecule has 9 heteroatoms. The summed E-state index contributed by atoms with van der Waals surface area (Å²) in [5, 5.41) is 7.46. The SMILES string of the molecule is CCCOCCCCCCN1CCC(Nc2nc(NC3CCC(N)CC3)nc3c2ncn3C2CCCC2)CC1. The maximum atomic E-state index is 6.15. The standard InChI is InChI=1S/C30H52N8O/c1-2-20-39-21-8-4-3-7-17-37-18-15-25(16-19-37)33-28-27-29(38(22-32-27)26-9-5-6-10-26)36-30(35-28)34-24-13-11-23(31)12-14-24/h22-26H,2-21,31H2,1H3,(H2,33,34,35,36). The maximum Gasteiger partial charge on any atom is 0.227 e. The molecule has 9 nitrogen and oxygen atoms in total. The first-order chi connectivity index (χ1) is 19.2. The zero-order valence-corrected chi connectivity index (χ0v) is 24.3. The van der Waals surface area contributed by atoms with Gasteiger partial charge in [-0.1, -0.05) is 32.6 Å². The molecule has 0 atom stereocenters. The predicted octanol–water partition coefficient (Wildman–Crippen LogP) is 5.49. The van der Waals surface area contributed by atoms with E-state index in [1.54, 1.807) is 0 Å². The van der Waals surface area contributed by atoms with Gasteiger partial charge in [0.25, 0.3) is 0 Å². The molecule has 218 valence electrons.